The molecule has 0 rings (SSSR count). The third-order valence-corrected chi connectivity index (χ3v) is 3.24. The molecule has 0 aliphatic carbocycles. The lowest BCUT2D eigenvalue weighted by Gasteiger charge is -2.17. The summed E-state index contributed by atoms with van der Waals surface area (Å²) in [6.45, 7) is 2.51. The van der Waals surface area contributed by atoms with Gasteiger partial charge in [0.1, 0.15) is 0 Å². The Balaban J connectivity index is 3.78. The standard InChI is InChI=1S/C11H24N2O3S/c1-9(6-8-17(3)15)13-11(14)10(12)5-4-7-16-2/h9-10H,4-8,12H2,1-3H3,(H,13,14). The molecule has 6 heteroatoms. The largest absolute Gasteiger partial charge is 0.385 e. The molecule has 17 heavy (non-hydrogen) atoms. The van der Waals surface area contributed by atoms with E-state index in [4.69, 9.17) is 10.5 Å². The summed E-state index contributed by atoms with van der Waals surface area (Å²) < 4.78 is 15.8. The van der Waals surface area contributed by atoms with Gasteiger partial charge < -0.3 is 15.8 Å². The summed E-state index contributed by atoms with van der Waals surface area (Å²) in [5, 5.41) is 2.82. The van der Waals surface area contributed by atoms with Crippen molar-refractivity contribution >= 4 is 16.7 Å². The van der Waals surface area contributed by atoms with E-state index in [0.29, 0.717) is 25.2 Å². The Bertz CT molecular complexity index is 249. The second-order valence-electron chi connectivity index (χ2n) is 4.22. The molecule has 0 saturated carbocycles. The average molecular weight is 264 g/mol. The molecule has 0 aromatic carbocycles. The maximum absolute atomic E-state index is 11.6. The number of hydrogen-bond acceptors (Lipinski definition) is 4. The Kier molecular flexibility index (Phi) is 9.30. The SMILES string of the molecule is COCCCC(N)C(=O)NC(C)CCS(C)=O. The molecule has 0 fully saturated rings. The third kappa shape index (κ3) is 9.26. The minimum Gasteiger partial charge on any atom is -0.385 e. The summed E-state index contributed by atoms with van der Waals surface area (Å²) in [6, 6.07) is -0.473. The van der Waals surface area contributed by atoms with Crippen molar-refractivity contribution in [2.75, 3.05) is 25.7 Å². The first-order valence-corrected chi connectivity index (χ1v) is 7.55. The number of hydrogen-bond donors (Lipinski definition) is 2. The Morgan fingerprint density at radius 1 is 1.47 bits per heavy atom. The van der Waals surface area contributed by atoms with Crippen molar-refractivity contribution in [3.05, 3.63) is 0 Å². The highest BCUT2D eigenvalue weighted by molar-refractivity contribution is 7.84. The normalized spacial score (nSPS) is 16.2. The molecule has 0 heterocycles. The molecule has 1 amide bonds. The van der Waals surface area contributed by atoms with Crippen molar-refractivity contribution in [3.63, 3.8) is 0 Å². The topological polar surface area (TPSA) is 81.4 Å². The summed E-state index contributed by atoms with van der Waals surface area (Å²) in [7, 11) is 0.807. The van der Waals surface area contributed by atoms with Crippen LogP contribution in [0, 0.1) is 0 Å². The van der Waals surface area contributed by atoms with Crippen molar-refractivity contribution < 1.29 is 13.7 Å². The average Bonchev–Trinajstić information content (AvgIpc) is 2.26. The first-order valence-electron chi connectivity index (χ1n) is 5.82. The van der Waals surface area contributed by atoms with Crippen LogP contribution in [0.15, 0.2) is 0 Å². The number of ether oxygens (including phenoxy) is 1. The molecular weight excluding hydrogens is 240 g/mol. The molecule has 0 radical (unpaired) electrons. The van der Waals surface area contributed by atoms with Gasteiger partial charge in [0.2, 0.25) is 5.91 Å². The molecule has 0 bridgehead atoms. The molecule has 102 valence electrons. The van der Waals surface area contributed by atoms with E-state index in [-0.39, 0.29) is 11.9 Å². The van der Waals surface area contributed by atoms with Crippen LogP contribution in [0.25, 0.3) is 0 Å². The highest BCUT2D eigenvalue weighted by atomic mass is 32.2. The minimum absolute atomic E-state index is 0.0138. The van der Waals surface area contributed by atoms with Crippen LogP contribution in [0.3, 0.4) is 0 Å². The quantitative estimate of drug-likeness (QED) is 0.575. The highest BCUT2D eigenvalue weighted by Crippen LogP contribution is 1.98. The first kappa shape index (κ1) is 16.5. The van der Waals surface area contributed by atoms with Gasteiger partial charge in [0.15, 0.2) is 0 Å². The summed E-state index contributed by atoms with van der Waals surface area (Å²) >= 11 is 0. The number of methoxy groups -OCH3 is 1. The molecule has 3 unspecified atom stereocenters. The lowest BCUT2D eigenvalue weighted by molar-refractivity contribution is -0.123. The number of nitrogens with two attached hydrogens (primary N) is 1. The van der Waals surface area contributed by atoms with E-state index in [0.717, 1.165) is 6.42 Å². The van der Waals surface area contributed by atoms with Crippen molar-refractivity contribution in [3.8, 4) is 0 Å². The maximum atomic E-state index is 11.6. The van der Waals surface area contributed by atoms with Crippen molar-refractivity contribution in [1.29, 1.82) is 0 Å². The van der Waals surface area contributed by atoms with Gasteiger partial charge in [0.25, 0.3) is 0 Å². The highest BCUT2D eigenvalue weighted by Gasteiger charge is 2.15. The number of carbonyl (C=O) groups is 1. The number of carbonyl (C=O) groups excluding carboxylic acids is 1. The van der Waals surface area contributed by atoms with Gasteiger partial charge in [-0.05, 0) is 26.2 Å². The summed E-state index contributed by atoms with van der Waals surface area (Å²) in [5.41, 5.74) is 5.73. The second-order valence-corrected chi connectivity index (χ2v) is 5.77. The summed E-state index contributed by atoms with van der Waals surface area (Å²) in [6.07, 6.45) is 3.76. The lowest BCUT2D eigenvalue weighted by atomic mass is 10.1. The Labute approximate surface area is 106 Å². The van der Waals surface area contributed by atoms with Crippen molar-refractivity contribution in [2.45, 2.75) is 38.3 Å². The van der Waals surface area contributed by atoms with Crippen molar-refractivity contribution in [2.24, 2.45) is 5.73 Å². The molecule has 0 spiro atoms. The zero-order chi connectivity index (χ0) is 13.3. The molecule has 0 aromatic rings. The van der Waals surface area contributed by atoms with Crippen LogP contribution in [-0.2, 0) is 20.3 Å². The van der Waals surface area contributed by atoms with Gasteiger partial charge in [0, 0.05) is 42.6 Å². The third-order valence-electron chi connectivity index (χ3n) is 2.43. The van der Waals surface area contributed by atoms with E-state index in [1.165, 1.54) is 0 Å². The van der Waals surface area contributed by atoms with Gasteiger partial charge in [-0.3, -0.25) is 9.00 Å². The fourth-order valence-corrected chi connectivity index (χ4v) is 2.03. The van der Waals surface area contributed by atoms with Crippen LogP contribution >= 0.6 is 0 Å². The van der Waals surface area contributed by atoms with E-state index >= 15 is 0 Å². The van der Waals surface area contributed by atoms with Gasteiger partial charge in [-0.25, -0.2) is 0 Å². The van der Waals surface area contributed by atoms with Gasteiger partial charge in [-0.1, -0.05) is 0 Å². The molecule has 5 nitrogen and oxygen atoms in total. The second kappa shape index (κ2) is 9.56. The van der Waals surface area contributed by atoms with E-state index in [1.54, 1.807) is 13.4 Å². The predicted molar refractivity (Wildman–Crippen MR) is 70.2 cm³/mol. The van der Waals surface area contributed by atoms with Crippen LogP contribution in [0.4, 0.5) is 0 Å². The van der Waals surface area contributed by atoms with Crippen LogP contribution in [-0.4, -0.2) is 47.9 Å². The van der Waals surface area contributed by atoms with Crippen LogP contribution in [0.2, 0.25) is 0 Å². The molecule has 0 aliphatic heterocycles. The van der Waals surface area contributed by atoms with Gasteiger partial charge >= 0.3 is 0 Å². The maximum Gasteiger partial charge on any atom is 0.237 e. The van der Waals surface area contributed by atoms with E-state index in [9.17, 15) is 9.00 Å². The fourth-order valence-electron chi connectivity index (χ4n) is 1.34. The van der Waals surface area contributed by atoms with Crippen LogP contribution < -0.4 is 11.1 Å². The number of amides is 1. The fraction of sp³-hybridized carbons (Fsp3) is 0.909. The molecule has 0 aliphatic rings. The van der Waals surface area contributed by atoms with Crippen LogP contribution in [0.1, 0.15) is 26.2 Å². The molecule has 3 atom stereocenters. The van der Waals surface area contributed by atoms with Gasteiger partial charge in [-0.15, -0.1) is 0 Å². The summed E-state index contributed by atoms with van der Waals surface area (Å²) in [4.78, 5) is 11.6. The molecule has 0 saturated heterocycles. The molecule has 3 N–H and O–H groups in total. The van der Waals surface area contributed by atoms with Gasteiger partial charge in [-0.2, -0.15) is 0 Å². The zero-order valence-electron chi connectivity index (χ0n) is 10.9. The predicted octanol–water partition coefficient (Wildman–Crippen LogP) is 0.0136. The summed E-state index contributed by atoms with van der Waals surface area (Å²) in [5.74, 6) is 0.455. The van der Waals surface area contributed by atoms with E-state index in [1.807, 2.05) is 6.92 Å². The Morgan fingerprint density at radius 3 is 2.65 bits per heavy atom. The monoisotopic (exact) mass is 264 g/mol. The first-order chi connectivity index (χ1) is 7.97. The molecule has 0 aromatic heterocycles. The smallest absolute Gasteiger partial charge is 0.237 e. The Hall–Kier alpha value is -0.460. The lowest BCUT2D eigenvalue weighted by Crippen LogP contribution is -2.44. The van der Waals surface area contributed by atoms with Gasteiger partial charge in [0.05, 0.1) is 6.04 Å². The van der Waals surface area contributed by atoms with Crippen LogP contribution in [0.5, 0.6) is 0 Å². The number of rotatable bonds is 9. The Morgan fingerprint density at radius 2 is 2.12 bits per heavy atom. The van der Waals surface area contributed by atoms with Crippen molar-refractivity contribution in [1.82, 2.24) is 5.32 Å². The van der Waals surface area contributed by atoms with E-state index < -0.39 is 16.8 Å². The zero-order valence-corrected chi connectivity index (χ0v) is 11.7. The van der Waals surface area contributed by atoms with E-state index in [2.05, 4.69) is 5.32 Å². The number of nitrogens with one attached hydrogen (secondary N) is 1. The molecular formula is C11H24N2O3S. The minimum atomic E-state index is -0.817.